The second-order valence-corrected chi connectivity index (χ2v) is 9.03. The zero-order valence-electron chi connectivity index (χ0n) is 18.8. The van der Waals surface area contributed by atoms with Crippen molar-refractivity contribution < 1.29 is 4.79 Å². The van der Waals surface area contributed by atoms with Crippen LogP contribution in [0.5, 0.6) is 0 Å². The number of nitrogens with zero attached hydrogens (tertiary/aromatic N) is 3. The molecule has 3 aromatic heterocycles. The highest BCUT2D eigenvalue weighted by molar-refractivity contribution is 7.16. The van der Waals surface area contributed by atoms with Gasteiger partial charge in [0, 0.05) is 23.2 Å². The van der Waals surface area contributed by atoms with Crippen LogP contribution >= 0.6 is 11.3 Å². The van der Waals surface area contributed by atoms with Gasteiger partial charge in [0.15, 0.2) is 5.13 Å². The molecule has 33 heavy (non-hydrogen) atoms. The summed E-state index contributed by atoms with van der Waals surface area (Å²) < 4.78 is 1.40. The van der Waals surface area contributed by atoms with Gasteiger partial charge >= 0.3 is 5.69 Å². The number of amides is 1. The zero-order valence-corrected chi connectivity index (χ0v) is 19.6. The Balaban J connectivity index is 1.60. The van der Waals surface area contributed by atoms with Crippen LogP contribution in [-0.4, -0.2) is 25.4 Å². The van der Waals surface area contributed by atoms with Gasteiger partial charge in [-0.3, -0.25) is 24.5 Å². The number of carbonyl (C=O) groups excluding carboxylic acids is 1. The lowest BCUT2D eigenvalue weighted by Crippen LogP contribution is -2.31. The van der Waals surface area contributed by atoms with E-state index in [1.54, 1.807) is 0 Å². The van der Waals surface area contributed by atoms with E-state index in [1.807, 2.05) is 26.0 Å². The molecule has 0 bridgehead atoms. The number of thiazole rings is 1. The lowest BCUT2D eigenvalue weighted by Gasteiger charge is -2.08. The Morgan fingerprint density at radius 2 is 1.91 bits per heavy atom. The maximum Gasteiger partial charge on any atom is 0.329 e. The summed E-state index contributed by atoms with van der Waals surface area (Å²) in [6.45, 7) is 6.46. The summed E-state index contributed by atoms with van der Waals surface area (Å²) in [6.07, 6.45) is 4.21. The Hall–Kier alpha value is -3.59. The topological polar surface area (TPSA) is 110 Å². The van der Waals surface area contributed by atoms with Gasteiger partial charge in [0.1, 0.15) is 5.65 Å². The molecule has 0 spiro atoms. The van der Waals surface area contributed by atoms with Crippen molar-refractivity contribution in [3.63, 3.8) is 0 Å². The molecular formula is C24H25N5O3S. The number of hydrogen-bond acceptors (Lipinski definition) is 6. The van der Waals surface area contributed by atoms with E-state index >= 15 is 0 Å². The van der Waals surface area contributed by atoms with Gasteiger partial charge in [0.2, 0.25) is 0 Å². The highest BCUT2D eigenvalue weighted by Gasteiger charge is 2.16. The lowest BCUT2D eigenvalue weighted by molar-refractivity contribution is 0.102. The van der Waals surface area contributed by atoms with E-state index in [2.05, 4.69) is 39.3 Å². The molecule has 0 aliphatic heterocycles. The van der Waals surface area contributed by atoms with Crippen molar-refractivity contribution in [2.45, 2.75) is 46.6 Å². The van der Waals surface area contributed by atoms with Gasteiger partial charge in [-0.25, -0.2) is 14.8 Å². The molecule has 0 unspecified atom stereocenters. The predicted octanol–water partition coefficient (Wildman–Crippen LogP) is 4.13. The molecule has 0 saturated carbocycles. The van der Waals surface area contributed by atoms with E-state index in [-0.39, 0.29) is 16.6 Å². The lowest BCUT2D eigenvalue weighted by atomic mass is 10.1. The molecule has 0 atom stereocenters. The minimum atomic E-state index is -0.566. The molecular weight excluding hydrogens is 438 g/mol. The molecule has 1 aromatic carbocycles. The average molecular weight is 464 g/mol. The third-order valence-corrected chi connectivity index (χ3v) is 6.21. The van der Waals surface area contributed by atoms with Crippen LogP contribution in [0.1, 0.15) is 47.5 Å². The zero-order chi connectivity index (χ0) is 23.5. The fourth-order valence-electron chi connectivity index (χ4n) is 3.73. The van der Waals surface area contributed by atoms with Crippen molar-refractivity contribution in [1.29, 1.82) is 0 Å². The molecule has 9 heteroatoms. The Bertz CT molecular complexity index is 1430. The van der Waals surface area contributed by atoms with Gasteiger partial charge in [-0.1, -0.05) is 44.5 Å². The van der Waals surface area contributed by atoms with E-state index in [4.69, 9.17) is 0 Å². The van der Waals surface area contributed by atoms with E-state index in [9.17, 15) is 14.4 Å². The molecule has 0 aliphatic rings. The first-order valence-electron chi connectivity index (χ1n) is 10.9. The second-order valence-electron chi connectivity index (χ2n) is 7.83. The highest BCUT2D eigenvalue weighted by atomic mass is 32.1. The summed E-state index contributed by atoms with van der Waals surface area (Å²) in [5, 5.41) is 3.46. The van der Waals surface area contributed by atoms with Crippen LogP contribution in [0, 0.1) is 6.92 Å². The average Bonchev–Trinajstić information content (AvgIpc) is 3.16. The number of aryl methyl sites for hydroxylation is 3. The van der Waals surface area contributed by atoms with Gasteiger partial charge in [-0.05, 0) is 31.4 Å². The molecule has 2 N–H and O–H groups in total. The number of pyridine rings is 1. The van der Waals surface area contributed by atoms with Crippen LogP contribution in [-0.2, 0) is 13.0 Å². The van der Waals surface area contributed by atoms with Crippen LogP contribution < -0.4 is 16.6 Å². The van der Waals surface area contributed by atoms with Gasteiger partial charge in [-0.15, -0.1) is 11.3 Å². The fourth-order valence-corrected chi connectivity index (χ4v) is 4.56. The molecule has 3 heterocycles. The molecule has 170 valence electrons. The first-order valence-corrected chi connectivity index (χ1v) is 11.7. The van der Waals surface area contributed by atoms with Crippen molar-refractivity contribution in [3.8, 4) is 11.3 Å². The third-order valence-electron chi connectivity index (χ3n) is 5.33. The summed E-state index contributed by atoms with van der Waals surface area (Å²) in [6, 6.07) is 9.76. The molecule has 4 aromatic rings. The normalized spacial score (nSPS) is 11.1. The van der Waals surface area contributed by atoms with Gasteiger partial charge in [-0.2, -0.15) is 0 Å². The van der Waals surface area contributed by atoms with Gasteiger partial charge in [0.25, 0.3) is 11.5 Å². The van der Waals surface area contributed by atoms with Crippen molar-refractivity contribution in [1.82, 2.24) is 19.5 Å². The smallest absolute Gasteiger partial charge is 0.298 e. The SMILES string of the molecule is CCCc1ccc(-c2nc(NC(=O)c3cnc4c(c3)c(=O)[nH]c(=O)n4CCC)sc2C)cc1. The summed E-state index contributed by atoms with van der Waals surface area (Å²) in [4.78, 5) is 49.4. The minimum absolute atomic E-state index is 0.193. The number of rotatable bonds is 7. The van der Waals surface area contributed by atoms with E-state index in [0.717, 1.165) is 29.0 Å². The molecule has 0 saturated heterocycles. The maximum atomic E-state index is 12.9. The van der Waals surface area contributed by atoms with Crippen LogP contribution in [0.25, 0.3) is 22.3 Å². The highest BCUT2D eigenvalue weighted by Crippen LogP contribution is 2.31. The van der Waals surface area contributed by atoms with Crippen molar-refractivity contribution >= 4 is 33.4 Å². The number of hydrogen-bond donors (Lipinski definition) is 2. The number of H-pyrrole nitrogens is 1. The van der Waals surface area contributed by atoms with Crippen molar-refractivity contribution in [2.75, 3.05) is 5.32 Å². The molecule has 0 radical (unpaired) electrons. The quantitative estimate of drug-likeness (QED) is 0.428. The number of anilines is 1. The number of fused-ring (bicyclic) bond motifs is 1. The van der Waals surface area contributed by atoms with E-state index in [0.29, 0.717) is 18.1 Å². The number of carbonyl (C=O) groups is 1. The van der Waals surface area contributed by atoms with Crippen LogP contribution in [0.3, 0.4) is 0 Å². The number of aromatic amines is 1. The summed E-state index contributed by atoms with van der Waals surface area (Å²) in [5.41, 5.74) is 2.52. The molecule has 8 nitrogen and oxygen atoms in total. The van der Waals surface area contributed by atoms with Crippen molar-refractivity contribution in [2.24, 2.45) is 0 Å². The summed E-state index contributed by atoms with van der Waals surface area (Å²) >= 11 is 1.39. The maximum absolute atomic E-state index is 12.9. The standard InChI is InChI=1S/C24H25N5O3S/c1-4-6-15-7-9-16(10-8-15)19-14(3)33-23(26-19)27-21(30)17-12-18-20(25-13-17)29(11-5-2)24(32)28-22(18)31/h7-10,12-13H,4-6,11H2,1-3H3,(H,26,27,30)(H,28,31,32). The number of aromatic nitrogens is 4. The fraction of sp³-hybridized carbons (Fsp3) is 0.292. The van der Waals surface area contributed by atoms with Gasteiger partial charge < -0.3 is 0 Å². The second kappa shape index (κ2) is 9.50. The predicted molar refractivity (Wildman–Crippen MR) is 131 cm³/mol. The summed E-state index contributed by atoms with van der Waals surface area (Å²) in [7, 11) is 0. The molecule has 1 amide bonds. The van der Waals surface area contributed by atoms with Crippen LogP contribution in [0.4, 0.5) is 5.13 Å². The summed E-state index contributed by atoms with van der Waals surface area (Å²) in [5.74, 6) is -0.421. The first kappa shape index (κ1) is 22.6. The van der Waals surface area contributed by atoms with E-state index in [1.165, 1.54) is 33.7 Å². The largest absolute Gasteiger partial charge is 0.329 e. The minimum Gasteiger partial charge on any atom is -0.298 e. The monoisotopic (exact) mass is 463 g/mol. The number of benzene rings is 1. The third kappa shape index (κ3) is 4.63. The molecule has 0 aliphatic carbocycles. The van der Waals surface area contributed by atoms with Crippen LogP contribution in [0.2, 0.25) is 0 Å². The van der Waals surface area contributed by atoms with Crippen molar-refractivity contribution in [3.05, 3.63) is 73.4 Å². The Morgan fingerprint density at radius 3 is 2.61 bits per heavy atom. The first-order chi connectivity index (χ1) is 15.9. The van der Waals surface area contributed by atoms with E-state index < -0.39 is 17.2 Å². The Labute approximate surface area is 194 Å². The van der Waals surface area contributed by atoms with Gasteiger partial charge in [0.05, 0.1) is 16.6 Å². The molecule has 4 rings (SSSR count). The Morgan fingerprint density at radius 1 is 1.15 bits per heavy atom. The Kier molecular flexibility index (Phi) is 6.50. The van der Waals surface area contributed by atoms with Crippen LogP contribution in [0.15, 0.2) is 46.1 Å². The number of nitrogens with one attached hydrogen (secondary N) is 2. The molecule has 0 fully saturated rings.